The van der Waals surface area contributed by atoms with E-state index in [4.69, 9.17) is 34.0 Å². The predicted octanol–water partition coefficient (Wildman–Crippen LogP) is -0.911. The minimum Gasteiger partial charge on any atom is -0.390 e. The maximum absolute atomic E-state index is 13.0. The average molecular weight is 645 g/mol. The molecule has 2 aliphatic heterocycles. The van der Waals surface area contributed by atoms with Gasteiger partial charge in [-0.3, -0.25) is 27.5 Å². The maximum atomic E-state index is 13.0. The first-order valence-electron chi connectivity index (χ1n) is 12.6. The number of ether oxygens (including phenoxy) is 2. The molecule has 23 heteroatoms. The van der Waals surface area contributed by atoms with Gasteiger partial charge in [-0.2, -0.15) is 0 Å². The van der Waals surface area contributed by atoms with Crippen LogP contribution < -0.4 is 11.3 Å². The summed E-state index contributed by atoms with van der Waals surface area (Å²) in [5.41, 5.74) is 6.11. The molecule has 4 aromatic rings. The van der Waals surface area contributed by atoms with Crippen LogP contribution in [-0.2, 0) is 32.2 Å². The fourth-order valence-corrected chi connectivity index (χ4v) is 6.17. The largest absolute Gasteiger partial charge is 0.472 e. The van der Waals surface area contributed by atoms with Gasteiger partial charge in [0, 0.05) is 12.8 Å². The molecule has 0 aliphatic carbocycles. The Morgan fingerprint density at radius 1 is 0.977 bits per heavy atom. The normalized spacial score (nSPS) is 27.7. The number of hydrogen-bond donors (Lipinski definition) is 6. The van der Waals surface area contributed by atoms with Gasteiger partial charge in [0.05, 0.1) is 44.4 Å². The van der Waals surface area contributed by atoms with Gasteiger partial charge in [0.1, 0.15) is 30.3 Å². The predicted molar refractivity (Wildman–Crippen MR) is 140 cm³/mol. The topological polar surface area (TPSA) is 294 Å². The molecule has 7 atom stereocenters. The standard InChI is InChI=1S/C20H25N9O12P2/c21-16-14-17(23-5-22-16)29(8-26-14)20-11(1-9(39-20)3-37-42(32,33)34)41-43(35,36)38-4-12-10(30)2-13(40-12)28-7-27-15-18(28)24-6-25-19(15)31/h5-13,20,30H,1-4H2,(H,35,36)(H2,21,22,23)(H,24,25,31)(H2,32,33,34)/t9?,10-,11+,12?,13?,20?/m0/s1. The molecule has 0 radical (unpaired) electrons. The van der Waals surface area contributed by atoms with E-state index in [0.29, 0.717) is 0 Å². The third-order valence-electron chi connectivity index (χ3n) is 6.79. The Bertz CT molecular complexity index is 1790. The van der Waals surface area contributed by atoms with Crippen LogP contribution in [0.3, 0.4) is 0 Å². The van der Waals surface area contributed by atoms with Gasteiger partial charge in [-0.05, 0) is 0 Å². The molecule has 0 bridgehead atoms. The number of fused-ring (bicyclic) bond motifs is 2. The number of phosphoric ester groups is 2. The SMILES string of the molecule is Nc1ncnc2c1ncn2C1OC(COP(=O)(O)O)C[C@H]1OP(=O)(O)OCC1OC(n2cnc3c(=O)[nH]cnc32)C[C@@H]1O. The second-order valence-corrected chi connectivity index (χ2v) is 12.3. The van der Waals surface area contributed by atoms with Crippen LogP contribution in [0.1, 0.15) is 25.3 Å². The van der Waals surface area contributed by atoms with E-state index in [2.05, 4.69) is 34.4 Å². The van der Waals surface area contributed by atoms with Crippen molar-refractivity contribution in [3.8, 4) is 0 Å². The van der Waals surface area contributed by atoms with Crippen molar-refractivity contribution in [1.82, 2.24) is 39.0 Å². The van der Waals surface area contributed by atoms with Crippen molar-refractivity contribution in [1.29, 1.82) is 0 Å². The van der Waals surface area contributed by atoms with Gasteiger partial charge in [-0.15, -0.1) is 0 Å². The number of nitrogens with zero attached hydrogens (tertiary/aromatic N) is 7. The summed E-state index contributed by atoms with van der Waals surface area (Å²) in [7, 11) is -9.71. The zero-order chi connectivity index (χ0) is 30.5. The number of phosphoric acid groups is 2. The van der Waals surface area contributed by atoms with Crippen LogP contribution in [0.25, 0.3) is 22.3 Å². The maximum Gasteiger partial charge on any atom is 0.472 e. The highest BCUT2D eigenvalue weighted by Crippen LogP contribution is 2.50. The van der Waals surface area contributed by atoms with Crippen LogP contribution in [0.15, 0.2) is 30.1 Å². The molecule has 2 aliphatic rings. The number of aromatic nitrogens is 8. The number of hydrogen-bond acceptors (Lipinski definition) is 15. The van der Waals surface area contributed by atoms with Gasteiger partial charge in [-0.25, -0.2) is 34.0 Å². The van der Waals surface area contributed by atoms with E-state index in [9.17, 15) is 23.9 Å². The Kier molecular flexibility index (Phi) is 7.90. The molecule has 7 N–H and O–H groups in total. The molecule has 0 aromatic carbocycles. The molecule has 2 fully saturated rings. The summed E-state index contributed by atoms with van der Waals surface area (Å²) >= 11 is 0. The number of aliphatic hydroxyl groups is 1. The first-order valence-corrected chi connectivity index (χ1v) is 15.6. The summed E-state index contributed by atoms with van der Waals surface area (Å²) in [5, 5.41) is 10.5. The Balaban J connectivity index is 1.15. The van der Waals surface area contributed by atoms with E-state index in [0.717, 1.165) is 0 Å². The van der Waals surface area contributed by atoms with Crippen LogP contribution in [-0.4, -0.2) is 96.5 Å². The van der Waals surface area contributed by atoms with Gasteiger partial charge < -0.3 is 40.0 Å². The second kappa shape index (κ2) is 11.4. The summed E-state index contributed by atoms with van der Waals surface area (Å²) in [5.74, 6) is 0.0662. The first kappa shape index (κ1) is 29.9. The molecular weight excluding hydrogens is 620 g/mol. The number of aliphatic hydroxyl groups excluding tert-OH is 1. The van der Waals surface area contributed by atoms with Crippen LogP contribution in [0.4, 0.5) is 5.82 Å². The lowest BCUT2D eigenvalue weighted by Crippen LogP contribution is -2.27. The third-order valence-corrected chi connectivity index (χ3v) is 8.28. The Hall–Kier alpha value is -3.20. The lowest BCUT2D eigenvalue weighted by atomic mass is 10.2. The van der Waals surface area contributed by atoms with E-state index in [1.807, 2.05) is 0 Å². The average Bonchev–Trinajstić information content (AvgIpc) is 3.71. The van der Waals surface area contributed by atoms with Gasteiger partial charge in [-0.1, -0.05) is 0 Å². The molecule has 232 valence electrons. The van der Waals surface area contributed by atoms with Gasteiger partial charge in [0.15, 0.2) is 28.9 Å². The van der Waals surface area contributed by atoms with E-state index < -0.39 is 71.3 Å². The highest BCUT2D eigenvalue weighted by Gasteiger charge is 2.44. The monoisotopic (exact) mass is 645 g/mol. The van der Waals surface area contributed by atoms with Gasteiger partial charge >= 0.3 is 15.6 Å². The smallest absolute Gasteiger partial charge is 0.390 e. The first-order chi connectivity index (χ1) is 20.4. The summed E-state index contributed by atoms with van der Waals surface area (Å²) in [6, 6.07) is 0. The number of H-pyrrole nitrogens is 1. The van der Waals surface area contributed by atoms with E-state index in [1.54, 1.807) is 0 Å². The van der Waals surface area contributed by atoms with Crippen molar-refractivity contribution in [3.63, 3.8) is 0 Å². The molecule has 6 rings (SSSR count). The second-order valence-electron chi connectivity index (χ2n) is 9.65. The van der Waals surface area contributed by atoms with E-state index in [1.165, 1.54) is 34.4 Å². The van der Waals surface area contributed by atoms with Crippen LogP contribution in [0, 0.1) is 0 Å². The fourth-order valence-electron chi connectivity index (χ4n) is 4.88. The van der Waals surface area contributed by atoms with Crippen molar-refractivity contribution < 1.29 is 52.0 Å². The molecule has 2 saturated heterocycles. The lowest BCUT2D eigenvalue weighted by molar-refractivity contribution is -0.0589. The van der Waals surface area contributed by atoms with Crippen LogP contribution in [0.2, 0.25) is 0 Å². The van der Waals surface area contributed by atoms with Crippen molar-refractivity contribution in [2.24, 2.45) is 0 Å². The van der Waals surface area contributed by atoms with Crippen molar-refractivity contribution in [3.05, 3.63) is 35.7 Å². The third kappa shape index (κ3) is 6.24. The molecule has 43 heavy (non-hydrogen) atoms. The molecule has 6 heterocycles. The number of nitrogen functional groups attached to an aromatic ring is 1. The van der Waals surface area contributed by atoms with E-state index >= 15 is 0 Å². The Morgan fingerprint density at radius 2 is 1.72 bits per heavy atom. The van der Waals surface area contributed by atoms with Crippen LogP contribution in [0.5, 0.6) is 0 Å². The fraction of sp³-hybridized carbons (Fsp3) is 0.500. The summed E-state index contributed by atoms with van der Waals surface area (Å²) < 4.78 is 53.9. The zero-order valence-corrected chi connectivity index (χ0v) is 23.5. The van der Waals surface area contributed by atoms with Gasteiger partial charge in [0.2, 0.25) is 0 Å². The van der Waals surface area contributed by atoms with Gasteiger partial charge in [0.25, 0.3) is 5.56 Å². The molecule has 0 amide bonds. The van der Waals surface area contributed by atoms with Crippen LogP contribution >= 0.6 is 15.6 Å². The number of rotatable bonds is 10. The molecule has 0 saturated carbocycles. The van der Waals surface area contributed by atoms with Crippen molar-refractivity contribution >= 4 is 43.8 Å². The Labute approximate surface area is 239 Å². The minimum absolute atomic E-state index is 0.0447. The minimum atomic E-state index is -4.87. The van der Waals surface area contributed by atoms with Crippen molar-refractivity contribution in [2.45, 2.75) is 49.7 Å². The number of anilines is 1. The summed E-state index contributed by atoms with van der Waals surface area (Å²) in [4.78, 5) is 63.3. The molecule has 0 spiro atoms. The number of imidazole rings is 2. The molecule has 5 unspecified atom stereocenters. The molecule has 21 nitrogen and oxygen atoms in total. The molecule has 4 aromatic heterocycles. The zero-order valence-electron chi connectivity index (χ0n) is 21.8. The highest BCUT2D eigenvalue weighted by molar-refractivity contribution is 7.47. The number of aromatic amines is 1. The quantitative estimate of drug-likeness (QED) is 0.114. The van der Waals surface area contributed by atoms with E-state index in [-0.39, 0.29) is 41.0 Å². The number of nitrogens with two attached hydrogens (primary N) is 1. The summed E-state index contributed by atoms with van der Waals surface area (Å²) in [6.07, 6.45) is -1.46. The van der Waals surface area contributed by atoms with Crippen molar-refractivity contribution in [2.75, 3.05) is 18.9 Å². The Morgan fingerprint density at radius 3 is 2.51 bits per heavy atom. The summed E-state index contributed by atoms with van der Waals surface area (Å²) in [6.45, 7) is -1.12. The number of nitrogens with one attached hydrogen (secondary N) is 1. The highest BCUT2D eigenvalue weighted by atomic mass is 31.2. The molecular formula is C20H25N9O12P2. The lowest BCUT2D eigenvalue weighted by Gasteiger charge is -2.23.